The maximum atomic E-state index is 14.0. The molecule has 1 heterocycles. The monoisotopic (exact) mass is 536 g/mol. The second kappa shape index (κ2) is 12.3. The molecular formula is C28H48N4O6. The normalized spacial score (nSPS) is 20.6. The Bertz CT molecular complexity index is 931. The highest BCUT2D eigenvalue weighted by Gasteiger charge is 2.55. The van der Waals surface area contributed by atoms with E-state index >= 15 is 0 Å². The Morgan fingerprint density at radius 1 is 1.03 bits per heavy atom. The van der Waals surface area contributed by atoms with Crippen molar-refractivity contribution in [3.8, 4) is 0 Å². The zero-order valence-electron chi connectivity index (χ0n) is 24.9. The predicted octanol–water partition coefficient (Wildman–Crippen LogP) is 3.10. The van der Waals surface area contributed by atoms with Gasteiger partial charge in [-0.25, -0.2) is 4.79 Å². The molecule has 10 nitrogen and oxygen atoms in total. The number of likely N-dealkylation sites (tertiary alicyclic amines) is 1. The first-order valence-electron chi connectivity index (χ1n) is 13.2. The summed E-state index contributed by atoms with van der Waals surface area (Å²) in [7, 11) is 0. The SMILES string of the molecule is C=CCNC(=O)C(=O)C(CCC)NC(=O)C1(C)CC(C)(C)CN1C(=O)[C@H](NC(=O)OC(C)(C)C)C(C)(C)C. The van der Waals surface area contributed by atoms with Crippen LogP contribution in [0.5, 0.6) is 0 Å². The van der Waals surface area contributed by atoms with E-state index in [0.29, 0.717) is 12.8 Å². The van der Waals surface area contributed by atoms with Crippen molar-refractivity contribution in [1.29, 1.82) is 0 Å². The Kier molecular flexibility index (Phi) is 10.7. The Hall–Kier alpha value is -2.91. The lowest BCUT2D eigenvalue weighted by molar-refractivity contribution is -0.148. The van der Waals surface area contributed by atoms with Crippen molar-refractivity contribution < 1.29 is 28.7 Å². The van der Waals surface area contributed by atoms with Gasteiger partial charge in [0.1, 0.15) is 17.2 Å². The van der Waals surface area contributed by atoms with Gasteiger partial charge < -0.3 is 25.6 Å². The number of ether oxygens (including phenoxy) is 1. The number of carbonyl (C=O) groups is 5. The number of amides is 4. The number of Topliss-reactive ketones (excluding diaryl/α,β-unsaturated/α-hetero) is 1. The number of rotatable bonds is 10. The van der Waals surface area contributed by atoms with E-state index in [-0.39, 0.29) is 19.5 Å². The molecule has 216 valence electrons. The summed E-state index contributed by atoms with van der Waals surface area (Å²) < 4.78 is 5.39. The van der Waals surface area contributed by atoms with Crippen molar-refractivity contribution in [2.75, 3.05) is 13.1 Å². The molecule has 3 atom stereocenters. The molecule has 1 saturated heterocycles. The second-order valence-corrected chi connectivity index (χ2v) is 13.2. The zero-order chi connectivity index (χ0) is 29.7. The Labute approximate surface area is 227 Å². The molecule has 1 fully saturated rings. The van der Waals surface area contributed by atoms with Gasteiger partial charge in [0, 0.05) is 13.1 Å². The van der Waals surface area contributed by atoms with Crippen LogP contribution in [-0.2, 0) is 23.9 Å². The third-order valence-corrected chi connectivity index (χ3v) is 6.36. The summed E-state index contributed by atoms with van der Waals surface area (Å²) in [6, 6.07) is -2.01. The van der Waals surface area contributed by atoms with E-state index in [2.05, 4.69) is 22.5 Å². The summed E-state index contributed by atoms with van der Waals surface area (Å²) in [5, 5.41) is 7.91. The van der Waals surface area contributed by atoms with Crippen LogP contribution in [0.25, 0.3) is 0 Å². The van der Waals surface area contributed by atoms with Gasteiger partial charge in [0.25, 0.3) is 5.91 Å². The van der Waals surface area contributed by atoms with Crippen molar-refractivity contribution >= 4 is 29.6 Å². The summed E-state index contributed by atoms with van der Waals surface area (Å²) >= 11 is 0. The summed E-state index contributed by atoms with van der Waals surface area (Å²) in [6.07, 6.45) is 1.89. The van der Waals surface area contributed by atoms with Crippen LogP contribution >= 0.6 is 0 Å². The van der Waals surface area contributed by atoms with Gasteiger partial charge in [-0.15, -0.1) is 6.58 Å². The highest BCUT2D eigenvalue weighted by Crippen LogP contribution is 2.42. The lowest BCUT2D eigenvalue weighted by Crippen LogP contribution is -2.63. The molecule has 1 aliphatic rings. The number of carbonyl (C=O) groups excluding carboxylic acids is 5. The van der Waals surface area contributed by atoms with Crippen LogP contribution in [-0.4, -0.2) is 70.8 Å². The van der Waals surface area contributed by atoms with Crippen LogP contribution in [0.1, 0.15) is 88.5 Å². The van der Waals surface area contributed by atoms with Gasteiger partial charge in [-0.05, 0) is 51.4 Å². The standard InChI is InChI=1S/C28H48N4O6/c1-12-14-18(19(33)21(34)29-15-13-2)30-23(36)28(11)16-27(9,10)17-32(28)22(35)20(25(3,4)5)31-24(37)38-26(6,7)8/h13,18,20H,2,12,14-17H2,1,3-11H3,(H,29,34)(H,30,36)(H,31,37)/t18?,20-,28?/m0/s1. The fourth-order valence-electron chi connectivity index (χ4n) is 4.72. The molecule has 0 aromatic heterocycles. The topological polar surface area (TPSA) is 134 Å². The van der Waals surface area contributed by atoms with Crippen molar-refractivity contribution in [3.05, 3.63) is 12.7 Å². The number of nitrogens with zero attached hydrogens (tertiary/aromatic N) is 1. The van der Waals surface area contributed by atoms with Crippen molar-refractivity contribution in [2.45, 2.75) is 112 Å². The van der Waals surface area contributed by atoms with Crippen LogP contribution in [0.4, 0.5) is 4.79 Å². The molecule has 1 aliphatic heterocycles. The summed E-state index contributed by atoms with van der Waals surface area (Å²) in [6.45, 7) is 22.0. The van der Waals surface area contributed by atoms with Crippen molar-refractivity contribution in [1.82, 2.24) is 20.9 Å². The van der Waals surface area contributed by atoms with Gasteiger partial charge in [-0.3, -0.25) is 19.2 Å². The summed E-state index contributed by atoms with van der Waals surface area (Å²) in [4.78, 5) is 67.0. The number of hydrogen-bond donors (Lipinski definition) is 3. The molecule has 0 aliphatic carbocycles. The molecule has 0 aromatic carbocycles. The number of hydrogen-bond acceptors (Lipinski definition) is 6. The van der Waals surface area contributed by atoms with Crippen molar-refractivity contribution in [2.24, 2.45) is 10.8 Å². The average molecular weight is 537 g/mol. The van der Waals surface area contributed by atoms with Gasteiger partial charge in [-0.1, -0.05) is 54.0 Å². The second-order valence-electron chi connectivity index (χ2n) is 13.2. The minimum Gasteiger partial charge on any atom is -0.444 e. The molecule has 0 bridgehead atoms. The van der Waals surface area contributed by atoms with Gasteiger partial charge in [0.15, 0.2) is 0 Å². The first-order chi connectivity index (χ1) is 17.2. The van der Waals surface area contributed by atoms with E-state index < -0.39 is 63.7 Å². The number of alkyl carbamates (subject to hydrolysis) is 1. The minimum absolute atomic E-state index is 0.129. The molecular weight excluding hydrogens is 488 g/mol. The summed E-state index contributed by atoms with van der Waals surface area (Å²) in [5.41, 5.74) is -3.17. The van der Waals surface area contributed by atoms with E-state index in [9.17, 15) is 24.0 Å². The minimum atomic E-state index is -1.32. The zero-order valence-corrected chi connectivity index (χ0v) is 24.9. The highest BCUT2D eigenvalue weighted by molar-refractivity contribution is 6.38. The van der Waals surface area contributed by atoms with Gasteiger partial charge >= 0.3 is 6.09 Å². The smallest absolute Gasteiger partial charge is 0.408 e. The van der Waals surface area contributed by atoms with Gasteiger partial charge in [0.2, 0.25) is 17.6 Å². The highest BCUT2D eigenvalue weighted by atomic mass is 16.6. The van der Waals surface area contributed by atoms with E-state index in [0.717, 1.165) is 0 Å². The van der Waals surface area contributed by atoms with Crippen LogP contribution in [0.2, 0.25) is 0 Å². The molecule has 2 unspecified atom stereocenters. The van der Waals surface area contributed by atoms with Crippen molar-refractivity contribution in [3.63, 3.8) is 0 Å². The van der Waals surface area contributed by atoms with Gasteiger partial charge in [-0.2, -0.15) is 0 Å². The van der Waals surface area contributed by atoms with Gasteiger partial charge in [0.05, 0.1) is 6.04 Å². The first-order valence-corrected chi connectivity index (χ1v) is 13.2. The molecule has 38 heavy (non-hydrogen) atoms. The van der Waals surface area contributed by atoms with E-state index in [1.807, 2.05) is 41.5 Å². The Morgan fingerprint density at radius 2 is 1.61 bits per heavy atom. The molecule has 1 rings (SSSR count). The van der Waals surface area contributed by atoms with Crippen LogP contribution < -0.4 is 16.0 Å². The lowest BCUT2D eigenvalue weighted by atomic mass is 9.83. The maximum Gasteiger partial charge on any atom is 0.408 e. The molecule has 0 aromatic rings. The predicted molar refractivity (Wildman–Crippen MR) is 146 cm³/mol. The lowest BCUT2D eigenvalue weighted by Gasteiger charge is -2.40. The number of ketones is 1. The molecule has 10 heteroatoms. The third-order valence-electron chi connectivity index (χ3n) is 6.36. The third kappa shape index (κ3) is 8.84. The van der Waals surface area contributed by atoms with Crippen LogP contribution in [0.3, 0.4) is 0 Å². The van der Waals surface area contributed by atoms with Crippen LogP contribution in [0, 0.1) is 10.8 Å². The van der Waals surface area contributed by atoms with E-state index in [4.69, 9.17) is 4.74 Å². The average Bonchev–Trinajstić information content (AvgIpc) is 3.02. The molecule has 0 spiro atoms. The molecule has 0 radical (unpaired) electrons. The van der Waals surface area contributed by atoms with Crippen LogP contribution in [0.15, 0.2) is 12.7 Å². The maximum absolute atomic E-state index is 14.0. The molecule has 0 saturated carbocycles. The number of nitrogens with one attached hydrogen (secondary N) is 3. The first kappa shape index (κ1) is 33.1. The quantitative estimate of drug-likeness (QED) is 0.290. The fourth-order valence-corrected chi connectivity index (χ4v) is 4.72. The summed E-state index contributed by atoms with van der Waals surface area (Å²) in [5.74, 6) is -2.50. The Balaban J connectivity index is 3.32. The Morgan fingerprint density at radius 3 is 2.08 bits per heavy atom. The fraction of sp³-hybridized carbons (Fsp3) is 0.750. The molecule has 4 amide bonds. The van der Waals surface area contributed by atoms with E-state index in [1.165, 1.54) is 11.0 Å². The van der Waals surface area contributed by atoms with E-state index in [1.54, 1.807) is 27.7 Å². The largest absolute Gasteiger partial charge is 0.444 e. The molecule has 3 N–H and O–H groups in total.